The van der Waals surface area contributed by atoms with Crippen molar-refractivity contribution in [3.05, 3.63) is 104 Å². The van der Waals surface area contributed by atoms with Gasteiger partial charge in [0.05, 0.1) is 42.2 Å². The van der Waals surface area contributed by atoms with Gasteiger partial charge in [0.1, 0.15) is 0 Å². The van der Waals surface area contributed by atoms with E-state index in [1.807, 2.05) is 19.9 Å². The molecule has 0 bridgehead atoms. The van der Waals surface area contributed by atoms with Crippen LogP contribution in [0.3, 0.4) is 0 Å². The van der Waals surface area contributed by atoms with Crippen LogP contribution in [0, 0.1) is 17.4 Å². The Hall–Kier alpha value is -3.16. The number of carbonyl (C=O) groups is 1. The number of fused-ring (bicyclic) bond motifs is 1. The van der Waals surface area contributed by atoms with Gasteiger partial charge in [0.25, 0.3) is 5.56 Å². The lowest BCUT2D eigenvalue weighted by molar-refractivity contribution is -0.139. The molecule has 0 unspecified atom stereocenters. The van der Waals surface area contributed by atoms with Crippen molar-refractivity contribution in [2.45, 2.75) is 40.7 Å². The number of esters is 1. The van der Waals surface area contributed by atoms with Crippen molar-refractivity contribution in [3.63, 3.8) is 0 Å². The number of allylic oxidation sites excluding steroid dienone is 1. The summed E-state index contributed by atoms with van der Waals surface area (Å²) in [6.45, 7) is 10.2. The molecule has 3 heterocycles. The van der Waals surface area contributed by atoms with E-state index < -0.39 is 12.0 Å². The maximum atomic E-state index is 14.2. The lowest BCUT2D eigenvalue weighted by Gasteiger charge is -2.26. The number of aryl methyl sites for hydroxylation is 1. The molecular weight excluding hydrogens is 745 g/mol. The number of methoxy groups -OCH3 is 1. The van der Waals surface area contributed by atoms with Gasteiger partial charge in [-0.2, -0.15) is 0 Å². The number of nitrogens with zero attached hydrogens (tertiary/aromatic N) is 3. The van der Waals surface area contributed by atoms with Gasteiger partial charge in [-0.15, -0.1) is 0 Å². The number of hydrogen-bond donors (Lipinski definition) is 0. The van der Waals surface area contributed by atoms with Gasteiger partial charge in [-0.1, -0.05) is 27.3 Å². The first kappa shape index (κ1) is 31.3. The van der Waals surface area contributed by atoms with Crippen LogP contribution in [0.25, 0.3) is 11.8 Å². The van der Waals surface area contributed by atoms with E-state index in [0.29, 0.717) is 48.7 Å². The van der Waals surface area contributed by atoms with Gasteiger partial charge in [-0.25, -0.2) is 9.79 Å². The average Bonchev–Trinajstić information content (AvgIpc) is 3.42. The Morgan fingerprint density at radius 1 is 1.09 bits per heavy atom. The molecule has 0 fully saturated rings. The Labute approximate surface area is 275 Å². The summed E-state index contributed by atoms with van der Waals surface area (Å²) >= 11 is 7.26. The fourth-order valence-corrected chi connectivity index (χ4v) is 7.27. The molecule has 11 heteroatoms. The van der Waals surface area contributed by atoms with Crippen LogP contribution in [0.2, 0.25) is 0 Å². The minimum Gasteiger partial charge on any atom is -0.493 e. The van der Waals surface area contributed by atoms with E-state index in [1.165, 1.54) is 11.3 Å². The highest BCUT2D eigenvalue weighted by Gasteiger charge is 2.35. The molecule has 0 N–H and O–H groups in total. The minimum atomic E-state index is -0.796. The van der Waals surface area contributed by atoms with Gasteiger partial charge in [-0.3, -0.25) is 9.36 Å². The zero-order chi connectivity index (χ0) is 31.0. The lowest BCUT2D eigenvalue weighted by atomic mass is 9.95. The second-order valence-corrected chi connectivity index (χ2v) is 13.0. The number of carbonyl (C=O) groups excluding carboxylic acids is 1. The van der Waals surface area contributed by atoms with E-state index >= 15 is 0 Å². The van der Waals surface area contributed by atoms with Crippen LogP contribution in [0.15, 0.2) is 68.0 Å². The smallest absolute Gasteiger partial charge is 0.338 e. The van der Waals surface area contributed by atoms with Crippen LogP contribution in [0.5, 0.6) is 11.5 Å². The maximum Gasteiger partial charge on any atom is 0.338 e. The fraction of sp³-hybridized carbons (Fsp3) is 0.281. The third-order valence-electron chi connectivity index (χ3n) is 7.24. The van der Waals surface area contributed by atoms with E-state index in [9.17, 15) is 9.59 Å². The van der Waals surface area contributed by atoms with Crippen molar-refractivity contribution < 1.29 is 19.0 Å². The van der Waals surface area contributed by atoms with Crippen LogP contribution < -0.4 is 24.4 Å². The molecule has 1 aliphatic heterocycles. The molecule has 2 aromatic carbocycles. The molecule has 5 rings (SSSR count). The van der Waals surface area contributed by atoms with E-state index in [2.05, 4.69) is 80.3 Å². The second-order valence-electron chi connectivity index (χ2n) is 9.90. The summed E-state index contributed by atoms with van der Waals surface area (Å²) in [7, 11) is 1.56. The molecule has 0 saturated heterocycles. The highest BCUT2D eigenvalue weighted by molar-refractivity contribution is 14.1. The van der Waals surface area contributed by atoms with Crippen molar-refractivity contribution in [2.24, 2.45) is 4.99 Å². The predicted molar refractivity (Wildman–Crippen MR) is 180 cm³/mol. The van der Waals surface area contributed by atoms with Crippen LogP contribution in [0.4, 0.5) is 0 Å². The molecule has 224 valence electrons. The van der Waals surface area contributed by atoms with Gasteiger partial charge in [0.2, 0.25) is 0 Å². The predicted octanol–water partition coefficient (Wildman–Crippen LogP) is 5.98. The first-order chi connectivity index (χ1) is 20.6. The molecule has 0 amide bonds. The Morgan fingerprint density at radius 2 is 1.81 bits per heavy atom. The SMILES string of the molecule is CCOC(=O)C1=C(C)N=c2s/c(=C/c3cc(C)n(-c4ccc(I)cc4)c3C)c(=O)n2[C@H]1c1cc(OC)c(OCC)cc1Br. The molecule has 0 saturated carbocycles. The molecule has 8 nitrogen and oxygen atoms in total. The summed E-state index contributed by atoms with van der Waals surface area (Å²) < 4.78 is 22.9. The normalized spacial score (nSPS) is 14.9. The number of aromatic nitrogens is 2. The Morgan fingerprint density at radius 3 is 2.47 bits per heavy atom. The molecule has 1 atom stereocenters. The molecule has 1 aliphatic rings. The van der Waals surface area contributed by atoms with Gasteiger partial charge in [0, 0.05) is 25.1 Å². The number of halogens is 2. The average molecular weight is 776 g/mol. The number of ether oxygens (including phenoxy) is 3. The van der Waals surface area contributed by atoms with Gasteiger partial charge >= 0.3 is 5.97 Å². The number of rotatable bonds is 8. The number of thiazole rings is 1. The number of hydrogen-bond acceptors (Lipinski definition) is 7. The highest BCUT2D eigenvalue weighted by atomic mass is 127. The maximum absolute atomic E-state index is 14.2. The Balaban J connectivity index is 1.72. The largest absolute Gasteiger partial charge is 0.493 e. The van der Waals surface area contributed by atoms with Crippen molar-refractivity contribution >= 4 is 61.9 Å². The van der Waals surface area contributed by atoms with Crippen LogP contribution in [-0.2, 0) is 9.53 Å². The third-order valence-corrected chi connectivity index (χ3v) is 9.62. The second kappa shape index (κ2) is 12.8. The zero-order valence-electron chi connectivity index (χ0n) is 24.7. The van der Waals surface area contributed by atoms with E-state index in [0.717, 1.165) is 26.2 Å². The first-order valence-electron chi connectivity index (χ1n) is 13.7. The van der Waals surface area contributed by atoms with Crippen LogP contribution in [-0.4, -0.2) is 35.4 Å². The third kappa shape index (κ3) is 5.86. The lowest BCUT2D eigenvalue weighted by Crippen LogP contribution is -2.40. The summed E-state index contributed by atoms with van der Waals surface area (Å²) in [5, 5.41) is 0. The van der Waals surface area contributed by atoms with Crippen LogP contribution in [0.1, 0.15) is 49.3 Å². The number of benzene rings is 2. The summed E-state index contributed by atoms with van der Waals surface area (Å²) in [4.78, 5) is 32.8. The van der Waals surface area contributed by atoms with Gasteiger partial charge in [0.15, 0.2) is 16.3 Å². The molecule has 43 heavy (non-hydrogen) atoms. The summed E-state index contributed by atoms with van der Waals surface area (Å²) in [6.07, 6.45) is 1.91. The van der Waals surface area contributed by atoms with E-state index in [-0.39, 0.29) is 12.2 Å². The van der Waals surface area contributed by atoms with Gasteiger partial charge in [-0.05, 0) is 117 Å². The van der Waals surface area contributed by atoms with E-state index in [1.54, 1.807) is 37.7 Å². The van der Waals surface area contributed by atoms with E-state index in [4.69, 9.17) is 19.2 Å². The highest BCUT2D eigenvalue weighted by Crippen LogP contribution is 2.41. The van der Waals surface area contributed by atoms with Crippen molar-refractivity contribution in [1.29, 1.82) is 0 Å². The zero-order valence-corrected chi connectivity index (χ0v) is 29.2. The van der Waals surface area contributed by atoms with Crippen molar-refractivity contribution in [2.75, 3.05) is 20.3 Å². The fourth-order valence-electron chi connectivity index (χ4n) is 5.34. The Kier molecular flexibility index (Phi) is 9.33. The summed E-state index contributed by atoms with van der Waals surface area (Å²) in [6, 6.07) is 13.2. The molecule has 4 aromatic rings. The molecule has 0 radical (unpaired) electrons. The van der Waals surface area contributed by atoms with Gasteiger partial charge < -0.3 is 18.8 Å². The summed E-state index contributed by atoms with van der Waals surface area (Å²) in [5.41, 5.74) is 5.26. The molecular formula is C32H31BrIN3O5S. The van der Waals surface area contributed by atoms with Crippen molar-refractivity contribution in [3.8, 4) is 17.2 Å². The minimum absolute atomic E-state index is 0.191. The Bertz CT molecular complexity index is 1940. The monoisotopic (exact) mass is 775 g/mol. The molecule has 2 aromatic heterocycles. The van der Waals surface area contributed by atoms with Crippen LogP contribution >= 0.6 is 49.9 Å². The quantitative estimate of drug-likeness (QED) is 0.163. The topological polar surface area (TPSA) is 84.1 Å². The van der Waals surface area contributed by atoms with Crippen molar-refractivity contribution in [1.82, 2.24) is 9.13 Å². The first-order valence-corrected chi connectivity index (χ1v) is 16.4. The standard InChI is InChI=1S/C32H31BrIN3O5S/c1-7-41-26-16-24(33)23(15-25(26)40-6)29-28(31(39)42-8-2)18(4)35-32-37(29)30(38)27(43-32)14-20-13-17(3)36(19(20)5)22-11-9-21(34)10-12-22/h9-16,29H,7-8H2,1-6H3/b27-14+/t29-/m0/s1. The summed E-state index contributed by atoms with van der Waals surface area (Å²) in [5.74, 6) is 0.516. The molecule has 0 spiro atoms. The molecule has 0 aliphatic carbocycles.